The van der Waals surface area contributed by atoms with E-state index in [1.54, 1.807) is 24.3 Å². The Morgan fingerprint density at radius 3 is 2.58 bits per heavy atom. The third-order valence-electron chi connectivity index (χ3n) is 2.77. The molecule has 3 N–H and O–H groups in total. The maximum absolute atomic E-state index is 13.6. The molecule has 0 heterocycles. The molecule has 3 nitrogen and oxygen atoms in total. The van der Waals surface area contributed by atoms with E-state index in [9.17, 15) is 9.18 Å². The predicted octanol–water partition coefficient (Wildman–Crippen LogP) is 2.38. The van der Waals surface area contributed by atoms with Crippen LogP contribution in [-0.4, -0.2) is 17.4 Å². The Balaban J connectivity index is 2.27. The molecule has 5 heteroatoms. The molecule has 1 amide bonds. The van der Waals surface area contributed by atoms with Crippen LogP contribution in [0.3, 0.4) is 0 Å². The molecule has 0 radical (unpaired) electrons. The molecule has 0 aliphatic rings. The molecule has 0 aromatic heterocycles. The number of benzene rings is 2. The average Bonchev–Trinajstić information content (AvgIpc) is 2.39. The summed E-state index contributed by atoms with van der Waals surface area (Å²) >= 11 is 4.74. The number of nitrogens with one attached hydrogen (secondary N) is 1. The van der Waals surface area contributed by atoms with Gasteiger partial charge in [0, 0.05) is 23.9 Å². The third-order valence-corrected chi connectivity index (χ3v) is 2.98. The second-order valence-corrected chi connectivity index (χ2v) is 4.64. The summed E-state index contributed by atoms with van der Waals surface area (Å²) in [4.78, 5) is 12.4. The average molecular weight is 276 g/mol. The molecule has 2 aromatic rings. The van der Waals surface area contributed by atoms with Crippen LogP contribution in [0, 0.1) is 5.82 Å². The molecule has 98 valence electrons. The Kier molecular flexibility index (Phi) is 4.06. The minimum Gasteiger partial charge on any atom is -0.393 e. The number of hydrogen-bond acceptors (Lipinski definition) is 2. The van der Waals surface area contributed by atoms with E-state index in [1.807, 2.05) is 0 Å². The van der Waals surface area contributed by atoms with Gasteiger partial charge in [0.05, 0.1) is 4.99 Å². The van der Waals surface area contributed by atoms with E-state index in [0.29, 0.717) is 34.3 Å². The van der Waals surface area contributed by atoms with Gasteiger partial charge >= 0.3 is 0 Å². The van der Waals surface area contributed by atoms with Crippen molar-refractivity contribution in [2.24, 2.45) is 5.73 Å². The number of nitrogens with two attached hydrogens (primary N) is 1. The van der Waals surface area contributed by atoms with Crippen LogP contribution < -0.4 is 11.1 Å². The van der Waals surface area contributed by atoms with E-state index >= 15 is 0 Å². The highest BCUT2D eigenvalue weighted by Crippen LogP contribution is 2.21. The zero-order valence-electron chi connectivity index (χ0n) is 10.2. The van der Waals surface area contributed by atoms with Crippen LogP contribution >= 0.6 is 12.2 Å². The fourth-order valence-corrected chi connectivity index (χ4v) is 1.96. The van der Waals surface area contributed by atoms with Crippen molar-refractivity contribution >= 4 is 33.9 Å². The molecule has 0 saturated heterocycles. The highest BCUT2D eigenvalue weighted by Gasteiger charge is 2.11. The number of carbonyl (C=O) groups is 1. The molecule has 0 saturated carbocycles. The Morgan fingerprint density at radius 1 is 1.21 bits per heavy atom. The van der Waals surface area contributed by atoms with Crippen LogP contribution in [0.1, 0.15) is 16.8 Å². The number of halogens is 1. The number of fused-ring (bicyclic) bond motifs is 1. The molecule has 19 heavy (non-hydrogen) atoms. The summed E-state index contributed by atoms with van der Waals surface area (Å²) in [6.45, 7) is 0.375. The van der Waals surface area contributed by atoms with Crippen molar-refractivity contribution in [3.8, 4) is 0 Å². The molecule has 0 atom stereocenters. The van der Waals surface area contributed by atoms with Crippen LogP contribution in [0.25, 0.3) is 10.8 Å². The minimum atomic E-state index is -0.338. The van der Waals surface area contributed by atoms with Gasteiger partial charge in [-0.1, -0.05) is 36.5 Å². The number of rotatable bonds is 4. The van der Waals surface area contributed by atoms with Gasteiger partial charge in [0.15, 0.2) is 0 Å². The summed E-state index contributed by atoms with van der Waals surface area (Å²) in [5, 5.41) is 3.74. The van der Waals surface area contributed by atoms with Crippen molar-refractivity contribution in [1.82, 2.24) is 5.32 Å². The number of amides is 1. The Hall–Kier alpha value is -2.01. The third kappa shape index (κ3) is 3.06. The van der Waals surface area contributed by atoms with E-state index < -0.39 is 0 Å². The molecular weight excluding hydrogens is 263 g/mol. The first-order valence-corrected chi connectivity index (χ1v) is 6.24. The van der Waals surface area contributed by atoms with Crippen molar-refractivity contribution in [2.75, 3.05) is 6.54 Å². The molecule has 0 aliphatic heterocycles. The lowest BCUT2D eigenvalue weighted by molar-refractivity contribution is 0.0956. The molecule has 2 aromatic carbocycles. The van der Waals surface area contributed by atoms with Crippen LogP contribution in [0.5, 0.6) is 0 Å². The van der Waals surface area contributed by atoms with Crippen LogP contribution in [0.15, 0.2) is 36.4 Å². The number of hydrogen-bond donors (Lipinski definition) is 2. The highest BCUT2D eigenvalue weighted by molar-refractivity contribution is 7.80. The monoisotopic (exact) mass is 276 g/mol. The van der Waals surface area contributed by atoms with Crippen molar-refractivity contribution in [3.63, 3.8) is 0 Å². The Bertz CT molecular complexity index is 642. The van der Waals surface area contributed by atoms with Gasteiger partial charge in [0.1, 0.15) is 5.82 Å². The highest BCUT2D eigenvalue weighted by atomic mass is 32.1. The molecule has 0 aliphatic carbocycles. The molecular formula is C14H13FN2OS. The summed E-state index contributed by atoms with van der Waals surface area (Å²) in [5.41, 5.74) is 5.80. The first-order chi connectivity index (χ1) is 9.09. The fourth-order valence-electron chi connectivity index (χ4n) is 1.85. The van der Waals surface area contributed by atoms with Crippen molar-refractivity contribution < 1.29 is 9.18 Å². The molecule has 2 rings (SSSR count). The second-order valence-electron chi connectivity index (χ2n) is 4.11. The summed E-state index contributed by atoms with van der Waals surface area (Å²) in [6, 6.07) is 9.66. The standard InChI is InChI=1S/C14H13FN2OS/c15-12-6-5-11(9-3-1-2-4-10(9)12)14(18)17-8-7-13(16)19/h1-6H,7-8H2,(H2,16,19)(H,17,18). The van der Waals surface area contributed by atoms with Gasteiger partial charge in [-0.15, -0.1) is 0 Å². The van der Waals surface area contributed by atoms with Gasteiger partial charge < -0.3 is 11.1 Å². The lowest BCUT2D eigenvalue weighted by Crippen LogP contribution is -2.27. The van der Waals surface area contributed by atoms with Crippen LogP contribution in [0.4, 0.5) is 4.39 Å². The lowest BCUT2D eigenvalue weighted by Gasteiger charge is -2.08. The van der Waals surface area contributed by atoms with E-state index in [0.717, 1.165) is 0 Å². The normalized spacial score (nSPS) is 10.4. The Morgan fingerprint density at radius 2 is 1.89 bits per heavy atom. The van der Waals surface area contributed by atoms with Crippen molar-refractivity contribution in [1.29, 1.82) is 0 Å². The van der Waals surface area contributed by atoms with Crippen molar-refractivity contribution in [2.45, 2.75) is 6.42 Å². The maximum Gasteiger partial charge on any atom is 0.251 e. The molecule has 0 bridgehead atoms. The zero-order chi connectivity index (χ0) is 13.8. The van der Waals surface area contributed by atoms with E-state index in [4.69, 9.17) is 18.0 Å². The van der Waals surface area contributed by atoms with Crippen molar-refractivity contribution in [3.05, 3.63) is 47.8 Å². The summed E-state index contributed by atoms with van der Waals surface area (Å²) in [7, 11) is 0. The largest absolute Gasteiger partial charge is 0.393 e. The smallest absolute Gasteiger partial charge is 0.251 e. The SMILES string of the molecule is NC(=S)CCNC(=O)c1ccc(F)c2ccccc12. The minimum absolute atomic E-state index is 0.257. The van der Waals surface area contributed by atoms with Crippen LogP contribution in [-0.2, 0) is 0 Å². The van der Waals surface area contributed by atoms with Crippen LogP contribution in [0.2, 0.25) is 0 Å². The Labute approximate surface area is 115 Å². The molecule has 0 spiro atoms. The summed E-state index contributed by atoms with van der Waals surface area (Å²) < 4.78 is 13.6. The summed E-state index contributed by atoms with van der Waals surface area (Å²) in [6.07, 6.45) is 0.445. The maximum atomic E-state index is 13.6. The second kappa shape index (κ2) is 5.75. The quantitative estimate of drug-likeness (QED) is 0.843. The van der Waals surface area contributed by atoms with Gasteiger partial charge in [-0.3, -0.25) is 4.79 Å². The van der Waals surface area contributed by atoms with Gasteiger partial charge in [-0.05, 0) is 17.5 Å². The van der Waals surface area contributed by atoms with Gasteiger partial charge in [-0.2, -0.15) is 0 Å². The molecule has 0 unspecified atom stereocenters. The topological polar surface area (TPSA) is 55.1 Å². The van der Waals surface area contributed by atoms with E-state index in [2.05, 4.69) is 5.32 Å². The lowest BCUT2D eigenvalue weighted by atomic mass is 10.0. The number of thiocarbonyl (C=S) groups is 1. The summed E-state index contributed by atoms with van der Waals surface area (Å²) in [5.74, 6) is -0.595. The number of carbonyl (C=O) groups excluding carboxylic acids is 1. The first kappa shape index (κ1) is 13.4. The van der Waals surface area contributed by atoms with E-state index in [1.165, 1.54) is 12.1 Å². The first-order valence-electron chi connectivity index (χ1n) is 5.83. The predicted molar refractivity (Wildman–Crippen MR) is 77.6 cm³/mol. The van der Waals surface area contributed by atoms with E-state index in [-0.39, 0.29) is 11.7 Å². The van der Waals surface area contributed by atoms with Gasteiger partial charge in [0.2, 0.25) is 0 Å². The zero-order valence-corrected chi connectivity index (χ0v) is 11.0. The van der Waals surface area contributed by atoms with Gasteiger partial charge in [-0.25, -0.2) is 4.39 Å². The fraction of sp³-hybridized carbons (Fsp3) is 0.143. The van der Waals surface area contributed by atoms with Gasteiger partial charge in [0.25, 0.3) is 5.91 Å². The molecule has 0 fully saturated rings.